The lowest BCUT2D eigenvalue weighted by Crippen LogP contribution is -2.51. The summed E-state index contributed by atoms with van der Waals surface area (Å²) in [6.07, 6.45) is -2.64. The lowest BCUT2D eigenvalue weighted by atomic mass is 10.0. The van der Waals surface area contributed by atoms with Crippen LogP contribution in [0.3, 0.4) is 0 Å². The molecule has 0 fully saturated rings. The Morgan fingerprint density at radius 3 is 1.50 bits per heavy atom. The van der Waals surface area contributed by atoms with Crippen LogP contribution >= 0.6 is 43.2 Å². The van der Waals surface area contributed by atoms with Gasteiger partial charge in [-0.2, -0.15) is 0 Å². The number of rotatable bonds is 17. The first-order valence-corrected chi connectivity index (χ1v) is 15.7. The molecule has 0 saturated heterocycles. The Labute approximate surface area is 225 Å². The minimum atomic E-state index is -1.71. The van der Waals surface area contributed by atoms with Crippen molar-refractivity contribution < 1.29 is 30.0 Å². The van der Waals surface area contributed by atoms with Crippen LogP contribution < -0.4 is 10.6 Å². The van der Waals surface area contributed by atoms with Crippen LogP contribution in [-0.4, -0.2) is 91.2 Å². The molecular formula is C22H30N4O6S4. The Kier molecular flexibility index (Phi) is 15.2. The molecule has 0 aliphatic heterocycles. The highest BCUT2D eigenvalue weighted by Gasteiger charge is 2.30. The van der Waals surface area contributed by atoms with E-state index in [2.05, 4.69) is 20.6 Å². The van der Waals surface area contributed by atoms with Crippen LogP contribution in [0.2, 0.25) is 0 Å². The molecule has 2 heterocycles. The van der Waals surface area contributed by atoms with Crippen LogP contribution in [0.15, 0.2) is 58.8 Å². The van der Waals surface area contributed by atoms with Crippen LogP contribution in [0.25, 0.3) is 0 Å². The molecule has 6 N–H and O–H groups in total. The average Bonchev–Trinajstić information content (AvgIpc) is 2.91. The summed E-state index contributed by atoms with van der Waals surface area (Å²) in [5, 5.41) is 47.0. The van der Waals surface area contributed by atoms with E-state index < -0.39 is 24.4 Å². The number of aliphatic hydroxyl groups excluding tert-OH is 4. The maximum Gasteiger partial charge on any atom is 0.220 e. The fourth-order valence-electron chi connectivity index (χ4n) is 2.58. The monoisotopic (exact) mass is 574 g/mol. The van der Waals surface area contributed by atoms with Crippen molar-refractivity contribution in [3.05, 3.63) is 48.8 Å². The van der Waals surface area contributed by atoms with E-state index in [1.807, 2.05) is 36.4 Å². The standard InChI is InChI=1S/C22H30N4O6S4/c27-15(13-25-17(29)7-11-33-35-19-5-1-3-9-23-19)21(31)22(32)16(28)14-26-18(30)8-12-34-36-20-6-2-4-10-24-20/h1-6,9-10,15-16,21-22,27-28,31-32H,7-8,11-14H2,(H,25,29)(H,26,30)/t15-,16-,21-,22-/m1/s1. The number of aromatic nitrogens is 2. The predicted octanol–water partition coefficient (Wildman–Crippen LogP) is 1.11. The lowest BCUT2D eigenvalue weighted by molar-refractivity contribution is -0.126. The summed E-state index contributed by atoms with van der Waals surface area (Å²) in [6.45, 7) is -0.585. The van der Waals surface area contributed by atoms with Gasteiger partial charge in [-0.25, -0.2) is 9.97 Å². The second-order valence-electron chi connectivity index (χ2n) is 7.37. The highest BCUT2D eigenvalue weighted by molar-refractivity contribution is 8.77. The largest absolute Gasteiger partial charge is 0.388 e. The molecule has 4 atom stereocenters. The van der Waals surface area contributed by atoms with E-state index in [9.17, 15) is 30.0 Å². The molecule has 0 unspecified atom stereocenters. The van der Waals surface area contributed by atoms with E-state index in [4.69, 9.17) is 0 Å². The number of pyridine rings is 2. The highest BCUT2D eigenvalue weighted by atomic mass is 33.1. The normalized spacial score (nSPS) is 14.4. The van der Waals surface area contributed by atoms with E-state index in [0.29, 0.717) is 11.5 Å². The maximum atomic E-state index is 11.9. The van der Waals surface area contributed by atoms with Crippen LogP contribution in [0.5, 0.6) is 0 Å². The van der Waals surface area contributed by atoms with Gasteiger partial charge in [0, 0.05) is 49.8 Å². The minimum absolute atomic E-state index is 0.198. The molecule has 2 aromatic rings. The fraction of sp³-hybridized carbons (Fsp3) is 0.455. The molecule has 0 spiro atoms. The summed E-state index contributed by atoms with van der Waals surface area (Å²) in [6, 6.07) is 11.1. The zero-order valence-electron chi connectivity index (χ0n) is 19.3. The van der Waals surface area contributed by atoms with Gasteiger partial charge in [-0.1, -0.05) is 33.7 Å². The van der Waals surface area contributed by atoms with Crippen molar-refractivity contribution in [3.8, 4) is 0 Å². The zero-order chi connectivity index (χ0) is 26.2. The van der Waals surface area contributed by atoms with Crippen LogP contribution in [-0.2, 0) is 9.59 Å². The quantitative estimate of drug-likeness (QED) is 0.118. The Morgan fingerprint density at radius 1 is 0.722 bits per heavy atom. The smallest absolute Gasteiger partial charge is 0.220 e. The van der Waals surface area contributed by atoms with Crippen molar-refractivity contribution in [2.75, 3.05) is 24.6 Å². The molecule has 14 heteroatoms. The SMILES string of the molecule is O=C(CCSSc1ccccn1)NC[C@@H](O)[C@@H](O)[C@H](O)[C@H](O)CNC(=O)CCSSc1ccccn1. The van der Waals surface area contributed by atoms with Gasteiger partial charge >= 0.3 is 0 Å². The molecule has 0 aromatic carbocycles. The Morgan fingerprint density at radius 2 is 1.14 bits per heavy atom. The van der Waals surface area contributed by atoms with E-state index in [1.54, 1.807) is 12.4 Å². The Hall–Kier alpha value is -1.52. The molecule has 2 amide bonds. The van der Waals surface area contributed by atoms with Crippen molar-refractivity contribution in [3.63, 3.8) is 0 Å². The molecule has 2 rings (SSSR count). The second kappa shape index (κ2) is 17.9. The zero-order valence-corrected chi connectivity index (χ0v) is 22.6. The maximum absolute atomic E-state index is 11.9. The van der Waals surface area contributed by atoms with Crippen LogP contribution in [0, 0.1) is 0 Å². The first-order chi connectivity index (χ1) is 17.4. The third-order valence-electron chi connectivity index (χ3n) is 4.54. The summed E-state index contributed by atoms with van der Waals surface area (Å²) < 4.78 is 0. The lowest BCUT2D eigenvalue weighted by Gasteiger charge is -2.26. The summed E-state index contributed by atoms with van der Waals surface area (Å²) in [5.74, 6) is 0.397. The van der Waals surface area contributed by atoms with Gasteiger partial charge in [0.2, 0.25) is 11.8 Å². The Balaban J connectivity index is 1.55. The number of carbonyl (C=O) groups excluding carboxylic acids is 2. The molecule has 2 aromatic heterocycles. The minimum Gasteiger partial charge on any atom is -0.388 e. The molecule has 198 valence electrons. The van der Waals surface area contributed by atoms with Gasteiger partial charge in [0.25, 0.3) is 0 Å². The summed E-state index contributed by atoms with van der Waals surface area (Å²) >= 11 is 0. The molecule has 0 saturated carbocycles. The topological polar surface area (TPSA) is 165 Å². The number of hydrogen-bond donors (Lipinski definition) is 6. The van der Waals surface area contributed by atoms with Gasteiger partial charge in [0.15, 0.2) is 0 Å². The third kappa shape index (κ3) is 12.6. The van der Waals surface area contributed by atoms with E-state index in [-0.39, 0.29) is 37.7 Å². The number of carbonyl (C=O) groups is 2. The van der Waals surface area contributed by atoms with Crippen LogP contribution in [0.4, 0.5) is 0 Å². The van der Waals surface area contributed by atoms with E-state index >= 15 is 0 Å². The molecule has 0 radical (unpaired) electrons. The van der Waals surface area contributed by atoms with Gasteiger partial charge in [0.1, 0.15) is 22.3 Å². The van der Waals surface area contributed by atoms with Gasteiger partial charge in [-0.15, -0.1) is 0 Å². The second-order valence-corrected chi connectivity index (χ2v) is 12.2. The molecule has 10 nitrogen and oxygen atoms in total. The fourth-order valence-corrected chi connectivity index (χ4v) is 6.31. The van der Waals surface area contributed by atoms with E-state index in [1.165, 1.54) is 43.2 Å². The number of nitrogens with one attached hydrogen (secondary N) is 2. The van der Waals surface area contributed by atoms with Crippen molar-refractivity contribution in [2.24, 2.45) is 0 Å². The molecule has 0 aliphatic carbocycles. The Bertz CT molecular complexity index is 829. The number of aliphatic hydroxyl groups is 4. The molecule has 36 heavy (non-hydrogen) atoms. The van der Waals surface area contributed by atoms with Crippen molar-refractivity contribution in [1.29, 1.82) is 0 Å². The van der Waals surface area contributed by atoms with Gasteiger partial charge < -0.3 is 31.1 Å². The van der Waals surface area contributed by atoms with Gasteiger partial charge in [-0.05, 0) is 45.9 Å². The van der Waals surface area contributed by atoms with Crippen molar-refractivity contribution in [2.45, 2.75) is 47.3 Å². The van der Waals surface area contributed by atoms with E-state index in [0.717, 1.165) is 10.1 Å². The molecule has 0 bridgehead atoms. The van der Waals surface area contributed by atoms with Gasteiger partial charge in [-0.3, -0.25) is 9.59 Å². The number of nitrogens with zero attached hydrogens (tertiary/aromatic N) is 2. The first-order valence-electron chi connectivity index (χ1n) is 11.0. The first kappa shape index (κ1) is 30.7. The predicted molar refractivity (Wildman–Crippen MR) is 144 cm³/mol. The van der Waals surface area contributed by atoms with Crippen molar-refractivity contribution >= 4 is 55.0 Å². The number of hydrogen-bond acceptors (Lipinski definition) is 12. The van der Waals surface area contributed by atoms with Crippen molar-refractivity contribution in [1.82, 2.24) is 20.6 Å². The summed E-state index contributed by atoms with van der Waals surface area (Å²) in [5.41, 5.74) is 0. The highest BCUT2D eigenvalue weighted by Crippen LogP contribution is 2.30. The van der Waals surface area contributed by atoms with Crippen LogP contribution in [0.1, 0.15) is 12.8 Å². The summed E-state index contributed by atoms with van der Waals surface area (Å²) in [7, 11) is 5.83. The number of amides is 2. The molecule has 0 aliphatic rings. The third-order valence-corrected chi connectivity index (χ3v) is 9.08. The molecular weight excluding hydrogens is 545 g/mol. The van der Waals surface area contributed by atoms with Gasteiger partial charge in [0.05, 0.1) is 12.2 Å². The summed E-state index contributed by atoms with van der Waals surface area (Å²) in [4.78, 5) is 32.2. The average molecular weight is 575 g/mol.